The fraction of sp³-hybridized carbons (Fsp3) is 0.667. The van der Waals surface area contributed by atoms with Gasteiger partial charge >= 0.3 is 0 Å². The Morgan fingerprint density at radius 3 is 2.71 bits per heavy atom. The molecule has 0 aromatic rings. The van der Waals surface area contributed by atoms with Gasteiger partial charge in [0.15, 0.2) is 0 Å². The average molecular weight is 237 g/mol. The summed E-state index contributed by atoms with van der Waals surface area (Å²) in [6, 6.07) is 1.92. The van der Waals surface area contributed by atoms with Crippen LogP contribution in [0.5, 0.6) is 0 Å². The zero-order chi connectivity index (χ0) is 12.5. The van der Waals surface area contributed by atoms with E-state index in [0.717, 1.165) is 32.4 Å². The van der Waals surface area contributed by atoms with Gasteiger partial charge in [0, 0.05) is 32.4 Å². The van der Waals surface area contributed by atoms with Crippen LogP contribution >= 0.6 is 0 Å². The first-order valence-corrected chi connectivity index (χ1v) is 6.03. The fourth-order valence-electron chi connectivity index (χ4n) is 1.76. The van der Waals surface area contributed by atoms with Crippen molar-refractivity contribution in [1.29, 1.82) is 5.26 Å². The monoisotopic (exact) mass is 237 g/mol. The van der Waals surface area contributed by atoms with Gasteiger partial charge in [0.2, 0.25) is 0 Å². The number of hydrogen-bond donors (Lipinski definition) is 2. The number of aliphatic hydroxyl groups excluding tert-OH is 1. The minimum absolute atomic E-state index is 0.1000. The summed E-state index contributed by atoms with van der Waals surface area (Å²) in [5.41, 5.74) is 0.143. The fourth-order valence-corrected chi connectivity index (χ4v) is 1.76. The lowest BCUT2D eigenvalue weighted by atomic mass is 10.1. The largest absolute Gasteiger partial charge is 0.396 e. The van der Waals surface area contributed by atoms with E-state index in [1.54, 1.807) is 4.90 Å². The zero-order valence-electron chi connectivity index (χ0n) is 9.98. The molecule has 0 aromatic carbocycles. The van der Waals surface area contributed by atoms with Crippen LogP contribution in [-0.2, 0) is 4.79 Å². The molecule has 1 aliphatic rings. The molecule has 2 N–H and O–H groups in total. The van der Waals surface area contributed by atoms with E-state index in [1.165, 1.54) is 6.20 Å². The number of amides is 1. The van der Waals surface area contributed by atoms with Gasteiger partial charge in [0.25, 0.3) is 5.91 Å². The minimum atomic E-state index is -0.191. The van der Waals surface area contributed by atoms with Gasteiger partial charge in [-0.15, -0.1) is 0 Å². The molecule has 0 radical (unpaired) electrons. The van der Waals surface area contributed by atoms with Gasteiger partial charge in [-0.25, -0.2) is 0 Å². The average Bonchev–Trinajstić information content (AvgIpc) is 2.39. The third-order valence-electron chi connectivity index (χ3n) is 2.72. The molecule has 5 nitrogen and oxygen atoms in total. The Bertz CT molecular complexity index is 314. The number of hydrogen-bond acceptors (Lipinski definition) is 4. The van der Waals surface area contributed by atoms with Crippen molar-refractivity contribution in [2.24, 2.45) is 0 Å². The topological polar surface area (TPSA) is 76.4 Å². The Morgan fingerprint density at radius 1 is 1.41 bits per heavy atom. The van der Waals surface area contributed by atoms with Crippen LogP contribution < -0.4 is 5.32 Å². The van der Waals surface area contributed by atoms with Crippen molar-refractivity contribution in [1.82, 2.24) is 10.2 Å². The molecule has 17 heavy (non-hydrogen) atoms. The Morgan fingerprint density at radius 2 is 2.12 bits per heavy atom. The summed E-state index contributed by atoms with van der Waals surface area (Å²) < 4.78 is 0. The maximum Gasteiger partial charge on any atom is 0.265 e. The standard InChI is InChI=1S/C12H19N3O2/c13-9-11(10-14-5-4-8-16)12(17)15-6-2-1-3-7-15/h10,14,16H,1-8H2/b11-10-. The number of carbonyl (C=O) groups is 1. The van der Waals surface area contributed by atoms with Crippen LogP contribution in [0.15, 0.2) is 11.8 Å². The molecule has 5 heteroatoms. The number of rotatable bonds is 5. The highest BCUT2D eigenvalue weighted by Gasteiger charge is 2.19. The number of likely N-dealkylation sites (tertiary alicyclic amines) is 1. The van der Waals surface area contributed by atoms with E-state index in [-0.39, 0.29) is 18.1 Å². The lowest BCUT2D eigenvalue weighted by molar-refractivity contribution is -0.127. The lowest BCUT2D eigenvalue weighted by Gasteiger charge is -2.26. The highest BCUT2D eigenvalue weighted by atomic mass is 16.3. The smallest absolute Gasteiger partial charge is 0.265 e. The minimum Gasteiger partial charge on any atom is -0.396 e. The van der Waals surface area contributed by atoms with Crippen molar-refractivity contribution in [2.45, 2.75) is 25.7 Å². The van der Waals surface area contributed by atoms with Gasteiger partial charge in [-0.2, -0.15) is 5.26 Å². The summed E-state index contributed by atoms with van der Waals surface area (Å²) in [7, 11) is 0. The first-order chi connectivity index (χ1) is 8.29. The zero-order valence-corrected chi connectivity index (χ0v) is 9.98. The number of piperidine rings is 1. The van der Waals surface area contributed by atoms with Gasteiger partial charge in [-0.3, -0.25) is 4.79 Å². The van der Waals surface area contributed by atoms with Crippen molar-refractivity contribution < 1.29 is 9.90 Å². The number of carbonyl (C=O) groups excluding carboxylic acids is 1. The van der Waals surface area contributed by atoms with E-state index in [0.29, 0.717) is 13.0 Å². The molecular formula is C12H19N3O2. The number of aliphatic hydroxyl groups is 1. The van der Waals surface area contributed by atoms with Crippen LogP contribution in [0.1, 0.15) is 25.7 Å². The number of nitrogens with zero attached hydrogens (tertiary/aromatic N) is 2. The summed E-state index contributed by atoms with van der Waals surface area (Å²) in [6.45, 7) is 2.15. The van der Waals surface area contributed by atoms with Gasteiger partial charge in [0.05, 0.1) is 0 Å². The Hall–Kier alpha value is -1.54. The number of nitriles is 1. The molecular weight excluding hydrogens is 218 g/mol. The van der Waals surface area contributed by atoms with Crippen LogP contribution in [0.2, 0.25) is 0 Å². The summed E-state index contributed by atoms with van der Waals surface area (Å²) in [5.74, 6) is -0.191. The van der Waals surface area contributed by atoms with Crippen LogP contribution in [0.25, 0.3) is 0 Å². The predicted molar refractivity (Wildman–Crippen MR) is 63.8 cm³/mol. The summed E-state index contributed by atoms with van der Waals surface area (Å²) in [6.07, 6.45) is 5.24. The van der Waals surface area contributed by atoms with Crippen molar-refractivity contribution in [3.05, 3.63) is 11.8 Å². The first-order valence-electron chi connectivity index (χ1n) is 6.03. The molecule has 0 atom stereocenters. The van der Waals surface area contributed by atoms with Gasteiger partial charge < -0.3 is 15.3 Å². The van der Waals surface area contributed by atoms with Crippen LogP contribution in [0.4, 0.5) is 0 Å². The molecule has 1 saturated heterocycles. The molecule has 1 fully saturated rings. The van der Waals surface area contributed by atoms with Crippen molar-refractivity contribution >= 4 is 5.91 Å². The molecule has 0 aliphatic carbocycles. The van der Waals surface area contributed by atoms with E-state index in [4.69, 9.17) is 10.4 Å². The summed E-state index contributed by atoms with van der Waals surface area (Å²) in [4.78, 5) is 13.7. The van der Waals surface area contributed by atoms with Gasteiger partial charge in [-0.1, -0.05) is 0 Å². The summed E-state index contributed by atoms with van der Waals surface area (Å²) >= 11 is 0. The Kier molecular flexibility index (Phi) is 6.12. The molecule has 1 amide bonds. The highest BCUT2D eigenvalue weighted by molar-refractivity contribution is 5.97. The Balaban J connectivity index is 2.48. The first kappa shape index (κ1) is 13.5. The van der Waals surface area contributed by atoms with Crippen LogP contribution in [0.3, 0.4) is 0 Å². The Labute approximate surface area is 102 Å². The quantitative estimate of drug-likeness (QED) is 0.412. The van der Waals surface area contributed by atoms with Gasteiger partial charge in [-0.05, 0) is 25.7 Å². The summed E-state index contributed by atoms with van der Waals surface area (Å²) in [5, 5.41) is 20.4. The van der Waals surface area contributed by atoms with Crippen LogP contribution in [-0.4, -0.2) is 42.2 Å². The normalized spacial score (nSPS) is 16.5. The van der Waals surface area contributed by atoms with E-state index in [1.807, 2.05) is 6.07 Å². The third kappa shape index (κ3) is 4.45. The van der Waals surface area contributed by atoms with E-state index in [2.05, 4.69) is 5.32 Å². The highest BCUT2D eigenvalue weighted by Crippen LogP contribution is 2.11. The predicted octanol–water partition coefficient (Wildman–Crippen LogP) is 0.378. The molecule has 1 rings (SSSR count). The maximum atomic E-state index is 11.9. The lowest BCUT2D eigenvalue weighted by Crippen LogP contribution is -2.36. The second kappa shape index (κ2) is 7.69. The molecule has 1 aliphatic heterocycles. The molecule has 0 bridgehead atoms. The number of nitrogens with one attached hydrogen (secondary N) is 1. The third-order valence-corrected chi connectivity index (χ3v) is 2.72. The van der Waals surface area contributed by atoms with E-state index in [9.17, 15) is 4.79 Å². The molecule has 0 aromatic heterocycles. The van der Waals surface area contributed by atoms with Crippen LogP contribution in [0, 0.1) is 11.3 Å². The van der Waals surface area contributed by atoms with Crippen molar-refractivity contribution in [2.75, 3.05) is 26.2 Å². The van der Waals surface area contributed by atoms with Crippen molar-refractivity contribution in [3.8, 4) is 6.07 Å². The molecule has 94 valence electrons. The molecule has 0 unspecified atom stereocenters. The second-order valence-corrected chi connectivity index (χ2v) is 4.05. The van der Waals surface area contributed by atoms with Crippen molar-refractivity contribution in [3.63, 3.8) is 0 Å². The van der Waals surface area contributed by atoms with E-state index < -0.39 is 0 Å². The SMILES string of the molecule is N#C/C(=C/NCCCO)C(=O)N1CCCCC1. The van der Waals surface area contributed by atoms with Gasteiger partial charge in [0.1, 0.15) is 11.6 Å². The molecule has 1 heterocycles. The molecule has 0 spiro atoms. The maximum absolute atomic E-state index is 11.9. The molecule has 0 saturated carbocycles. The van der Waals surface area contributed by atoms with E-state index >= 15 is 0 Å². The second-order valence-electron chi connectivity index (χ2n) is 4.05.